The molecule has 0 atom stereocenters. The molecule has 2 aliphatic rings. The minimum atomic E-state index is 0.0219. The van der Waals surface area contributed by atoms with E-state index in [1.807, 2.05) is 6.92 Å². The number of fused-ring (bicyclic) bond motifs is 1. The molecule has 0 radical (unpaired) electrons. The van der Waals surface area contributed by atoms with Crippen LogP contribution in [0.4, 0.5) is 5.82 Å². The molecule has 0 spiro atoms. The van der Waals surface area contributed by atoms with Crippen molar-refractivity contribution in [1.82, 2.24) is 25.1 Å². The maximum Gasteiger partial charge on any atom is 0.261 e. The highest BCUT2D eigenvalue weighted by atomic mass is 32.1. The molecule has 2 aromatic heterocycles. The van der Waals surface area contributed by atoms with E-state index >= 15 is 0 Å². The average molecular weight is 417 g/mol. The monoisotopic (exact) mass is 416 g/mol. The molecule has 0 saturated carbocycles. The van der Waals surface area contributed by atoms with Gasteiger partial charge in [0.1, 0.15) is 17.0 Å². The summed E-state index contributed by atoms with van der Waals surface area (Å²) in [6, 6.07) is 0. The number of nitrogens with one attached hydrogen (secondary N) is 1. The molecule has 1 amide bonds. The normalized spacial score (nSPS) is 18.6. The fraction of sp³-hybridized carbons (Fsp3) is 0.667. The van der Waals surface area contributed by atoms with Gasteiger partial charge in [-0.05, 0) is 57.9 Å². The number of piperazine rings is 1. The third kappa shape index (κ3) is 4.54. The van der Waals surface area contributed by atoms with Crippen LogP contribution < -0.4 is 10.2 Å². The van der Waals surface area contributed by atoms with E-state index in [-0.39, 0.29) is 5.91 Å². The lowest BCUT2D eigenvalue weighted by molar-refractivity contribution is 0.0955. The molecule has 2 saturated heterocycles. The third-order valence-electron chi connectivity index (χ3n) is 6.17. The van der Waals surface area contributed by atoms with Gasteiger partial charge in [0.15, 0.2) is 0 Å². The molecule has 1 N–H and O–H groups in total. The Morgan fingerprint density at radius 3 is 2.59 bits per heavy atom. The van der Waals surface area contributed by atoms with E-state index in [9.17, 15) is 4.79 Å². The van der Waals surface area contributed by atoms with Gasteiger partial charge >= 0.3 is 0 Å². The summed E-state index contributed by atoms with van der Waals surface area (Å²) in [4.78, 5) is 30.8. The zero-order valence-electron chi connectivity index (χ0n) is 17.6. The minimum absolute atomic E-state index is 0.0219. The molecule has 8 heteroatoms. The summed E-state index contributed by atoms with van der Waals surface area (Å²) in [5.41, 5.74) is 1.01. The van der Waals surface area contributed by atoms with Gasteiger partial charge in [0.25, 0.3) is 5.91 Å². The van der Waals surface area contributed by atoms with Crippen molar-refractivity contribution >= 4 is 33.3 Å². The number of carbonyl (C=O) groups is 1. The molecule has 4 heterocycles. The SMILES string of the molecule is CCN1CCN(c2ncnc3sc(C(=O)NCCCN4CCCC4)c(C)c23)CC1. The lowest BCUT2D eigenvalue weighted by Crippen LogP contribution is -2.46. The lowest BCUT2D eigenvalue weighted by Gasteiger charge is -2.35. The summed E-state index contributed by atoms with van der Waals surface area (Å²) in [6.45, 7) is 13.6. The van der Waals surface area contributed by atoms with Gasteiger partial charge in [-0.2, -0.15) is 0 Å². The van der Waals surface area contributed by atoms with Crippen LogP contribution in [0.5, 0.6) is 0 Å². The van der Waals surface area contributed by atoms with Crippen molar-refractivity contribution in [2.24, 2.45) is 0 Å². The first-order chi connectivity index (χ1) is 14.2. The summed E-state index contributed by atoms with van der Waals surface area (Å²) in [6.07, 6.45) is 5.26. The Bertz CT molecular complexity index is 839. The molecule has 0 bridgehead atoms. The van der Waals surface area contributed by atoms with Crippen LogP contribution >= 0.6 is 11.3 Å². The quantitative estimate of drug-likeness (QED) is 0.699. The predicted molar refractivity (Wildman–Crippen MR) is 119 cm³/mol. The van der Waals surface area contributed by atoms with Gasteiger partial charge in [0.05, 0.1) is 10.3 Å². The molecular weight excluding hydrogens is 384 g/mol. The summed E-state index contributed by atoms with van der Waals surface area (Å²) in [7, 11) is 0. The number of amides is 1. The van der Waals surface area contributed by atoms with Crippen LogP contribution in [-0.2, 0) is 0 Å². The van der Waals surface area contributed by atoms with Crippen LogP contribution in [0.15, 0.2) is 6.33 Å². The summed E-state index contributed by atoms with van der Waals surface area (Å²) < 4.78 is 0. The van der Waals surface area contributed by atoms with Crippen LogP contribution in [0.3, 0.4) is 0 Å². The highest BCUT2D eigenvalue weighted by Crippen LogP contribution is 2.35. The molecule has 2 fully saturated rings. The molecule has 4 rings (SSSR count). The fourth-order valence-corrected chi connectivity index (χ4v) is 5.44. The largest absolute Gasteiger partial charge is 0.353 e. The lowest BCUT2D eigenvalue weighted by atomic mass is 10.1. The summed E-state index contributed by atoms with van der Waals surface area (Å²) in [5, 5.41) is 4.16. The predicted octanol–water partition coefficient (Wildman–Crippen LogP) is 2.36. The van der Waals surface area contributed by atoms with E-state index in [0.717, 1.165) is 78.7 Å². The van der Waals surface area contributed by atoms with Gasteiger partial charge in [-0.1, -0.05) is 6.92 Å². The van der Waals surface area contributed by atoms with E-state index in [2.05, 4.69) is 36.9 Å². The number of carbonyl (C=O) groups excluding carboxylic acids is 1. The van der Waals surface area contributed by atoms with Crippen LogP contribution in [-0.4, -0.2) is 84.6 Å². The van der Waals surface area contributed by atoms with Crippen LogP contribution in [0, 0.1) is 6.92 Å². The zero-order valence-corrected chi connectivity index (χ0v) is 18.4. The number of thiophene rings is 1. The number of hydrogen-bond donors (Lipinski definition) is 1. The summed E-state index contributed by atoms with van der Waals surface area (Å²) in [5.74, 6) is 1.00. The van der Waals surface area contributed by atoms with Gasteiger partial charge in [-0.3, -0.25) is 4.79 Å². The smallest absolute Gasteiger partial charge is 0.261 e. The van der Waals surface area contributed by atoms with Crippen molar-refractivity contribution in [3.05, 3.63) is 16.8 Å². The van der Waals surface area contributed by atoms with Crippen molar-refractivity contribution < 1.29 is 4.79 Å². The number of nitrogens with zero attached hydrogens (tertiary/aromatic N) is 5. The number of aromatic nitrogens is 2. The van der Waals surface area contributed by atoms with E-state index in [1.54, 1.807) is 6.33 Å². The Balaban J connectivity index is 1.43. The molecule has 0 aliphatic carbocycles. The first kappa shape index (κ1) is 20.5. The van der Waals surface area contributed by atoms with Gasteiger partial charge in [0, 0.05) is 32.7 Å². The second-order valence-electron chi connectivity index (χ2n) is 8.01. The van der Waals surface area contributed by atoms with Gasteiger partial charge in [-0.15, -0.1) is 11.3 Å². The molecule has 2 aliphatic heterocycles. The Morgan fingerprint density at radius 1 is 1.10 bits per heavy atom. The van der Waals surface area contributed by atoms with Gasteiger partial charge in [-0.25, -0.2) is 9.97 Å². The van der Waals surface area contributed by atoms with Crippen molar-refractivity contribution in [2.45, 2.75) is 33.1 Å². The number of likely N-dealkylation sites (tertiary alicyclic amines) is 1. The zero-order chi connectivity index (χ0) is 20.2. The molecule has 2 aromatic rings. The first-order valence-electron chi connectivity index (χ1n) is 10.9. The standard InChI is InChI=1S/C21H32N6OS/c1-3-25-11-13-27(14-12-25)19-17-16(2)18(29-21(17)24-15-23-19)20(28)22-7-6-10-26-8-4-5-9-26/h15H,3-14H2,1-2H3,(H,22,28). The number of aryl methyl sites for hydroxylation is 1. The highest BCUT2D eigenvalue weighted by Gasteiger charge is 2.24. The minimum Gasteiger partial charge on any atom is -0.353 e. The third-order valence-corrected chi connectivity index (χ3v) is 7.37. The topological polar surface area (TPSA) is 64.6 Å². The van der Waals surface area contributed by atoms with Gasteiger partial charge < -0.3 is 20.0 Å². The Kier molecular flexibility index (Phi) is 6.62. The average Bonchev–Trinajstić information content (AvgIpc) is 3.39. The van der Waals surface area contributed by atoms with E-state index < -0.39 is 0 Å². The Hall–Kier alpha value is -1.77. The maximum atomic E-state index is 12.8. The van der Waals surface area contributed by atoms with Crippen LogP contribution in [0.2, 0.25) is 0 Å². The van der Waals surface area contributed by atoms with Crippen LogP contribution in [0.25, 0.3) is 10.2 Å². The second-order valence-corrected chi connectivity index (χ2v) is 9.01. The molecular formula is C21H32N6OS. The maximum absolute atomic E-state index is 12.8. The fourth-order valence-electron chi connectivity index (χ4n) is 4.38. The summed E-state index contributed by atoms with van der Waals surface area (Å²) >= 11 is 1.49. The van der Waals surface area contributed by atoms with E-state index in [4.69, 9.17) is 0 Å². The van der Waals surface area contributed by atoms with Crippen molar-refractivity contribution in [2.75, 3.05) is 63.8 Å². The number of hydrogen-bond acceptors (Lipinski definition) is 7. The number of likely N-dealkylation sites (N-methyl/N-ethyl adjacent to an activating group) is 1. The van der Waals surface area contributed by atoms with Crippen molar-refractivity contribution in [3.63, 3.8) is 0 Å². The Labute approximate surface area is 177 Å². The van der Waals surface area contributed by atoms with Crippen molar-refractivity contribution in [1.29, 1.82) is 0 Å². The molecule has 0 unspecified atom stereocenters. The first-order valence-corrected chi connectivity index (χ1v) is 11.7. The number of anilines is 1. The van der Waals surface area contributed by atoms with Gasteiger partial charge in [0.2, 0.25) is 0 Å². The molecule has 7 nitrogen and oxygen atoms in total. The molecule has 158 valence electrons. The Morgan fingerprint density at radius 2 is 1.86 bits per heavy atom. The van der Waals surface area contributed by atoms with Crippen LogP contribution in [0.1, 0.15) is 41.4 Å². The highest BCUT2D eigenvalue weighted by molar-refractivity contribution is 7.20. The van der Waals surface area contributed by atoms with E-state index in [1.165, 1.54) is 37.3 Å². The number of rotatable bonds is 7. The van der Waals surface area contributed by atoms with E-state index in [0.29, 0.717) is 0 Å². The second kappa shape index (κ2) is 9.36. The van der Waals surface area contributed by atoms with Crippen molar-refractivity contribution in [3.8, 4) is 0 Å². The molecule has 29 heavy (non-hydrogen) atoms. The molecule has 0 aromatic carbocycles.